The van der Waals surface area contributed by atoms with Crippen LogP contribution in [0.4, 0.5) is 0 Å². The molecule has 0 heterocycles. The molecule has 0 saturated carbocycles. The van der Waals surface area contributed by atoms with E-state index < -0.39 is 35.5 Å². The summed E-state index contributed by atoms with van der Waals surface area (Å²) >= 11 is 3.55. The molecular formula is C16H20N2O7S. The molecule has 0 aliphatic rings. The van der Waals surface area contributed by atoms with E-state index in [-0.39, 0.29) is 23.7 Å². The van der Waals surface area contributed by atoms with Gasteiger partial charge >= 0.3 is 5.97 Å². The Hall–Kier alpha value is -2.59. The van der Waals surface area contributed by atoms with Gasteiger partial charge in [-0.2, -0.15) is 0 Å². The molecule has 0 spiro atoms. The molecule has 142 valence electrons. The van der Waals surface area contributed by atoms with E-state index in [0.717, 1.165) is 6.92 Å². The van der Waals surface area contributed by atoms with Crippen molar-refractivity contribution in [2.24, 2.45) is 5.73 Å². The smallest absolute Gasteiger partial charge is 0.377 e. The fourth-order valence-corrected chi connectivity index (χ4v) is 2.09. The second kappa shape index (κ2) is 9.78. The van der Waals surface area contributed by atoms with Crippen LogP contribution in [-0.4, -0.2) is 40.0 Å². The van der Waals surface area contributed by atoms with E-state index in [1.54, 1.807) is 0 Å². The van der Waals surface area contributed by atoms with Gasteiger partial charge < -0.3 is 16.2 Å². The highest BCUT2D eigenvalue weighted by atomic mass is 32.1. The number of thiol groups is 1. The summed E-state index contributed by atoms with van der Waals surface area (Å²) in [5.41, 5.74) is 6.24. The summed E-state index contributed by atoms with van der Waals surface area (Å²) < 4.78 is 0. The van der Waals surface area contributed by atoms with Crippen LogP contribution in [-0.2, 0) is 30.5 Å². The molecule has 9 nitrogen and oxygen atoms in total. The van der Waals surface area contributed by atoms with Crippen molar-refractivity contribution in [3.63, 3.8) is 0 Å². The average molecular weight is 384 g/mol. The third-order valence-electron chi connectivity index (χ3n) is 3.26. The largest absolute Gasteiger partial charge is 0.504 e. The number of hydrogen-bond donors (Lipinski definition) is 4. The zero-order valence-corrected chi connectivity index (χ0v) is 15.1. The first-order valence-corrected chi connectivity index (χ1v) is 8.00. The summed E-state index contributed by atoms with van der Waals surface area (Å²) in [5.74, 6) is -2.32. The number of carbonyl (C=O) groups excluding carboxylic acids is 4. The Labute approximate surface area is 155 Å². The van der Waals surface area contributed by atoms with Crippen LogP contribution in [0, 0.1) is 0 Å². The SMILES string of the molecule is CC(=O)N[C@@H](CC(=O)S)C(=O)OOc1cc(C[C@H](N)C(C)=O)ccc1O. The normalized spacial score (nSPS) is 12.6. The molecule has 2 atom stereocenters. The molecule has 10 heteroatoms. The van der Waals surface area contributed by atoms with Crippen LogP contribution in [0.25, 0.3) is 0 Å². The molecule has 0 saturated heterocycles. The Morgan fingerprint density at radius 3 is 2.46 bits per heavy atom. The number of phenolic OH excluding ortho intramolecular Hbond substituents is 1. The summed E-state index contributed by atoms with van der Waals surface area (Å²) in [7, 11) is 0. The third kappa shape index (κ3) is 7.11. The minimum absolute atomic E-state index is 0.189. The second-order valence-electron chi connectivity index (χ2n) is 5.56. The number of carbonyl (C=O) groups is 4. The zero-order valence-electron chi connectivity index (χ0n) is 14.2. The number of nitrogens with one attached hydrogen (secondary N) is 1. The first-order valence-electron chi connectivity index (χ1n) is 7.55. The highest BCUT2D eigenvalue weighted by Gasteiger charge is 2.25. The van der Waals surface area contributed by atoms with E-state index in [1.807, 2.05) is 0 Å². The number of benzene rings is 1. The van der Waals surface area contributed by atoms with E-state index in [4.69, 9.17) is 10.6 Å². The number of phenols is 1. The van der Waals surface area contributed by atoms with Crippen molar-refractivity contribution in [2.45, 2.75) is 38.8 Å². The minimum Gasteiger partial charge on any atom is -0.504 e. The lowest BCUT2D eigenvalue weighted by Gasteiger charge is -2.15. The Kier molecular flexibility index (Phi) is 8.07. The standard InChI is InChI=1S/C16H20N2O7S/c1-8(19)11(17)5-10-3-4-13(21)14(6-10)24-25-16(23)12(7-15(22)26)18-9(2)20/h3-4,6,11-12,21H,5,7,17H2,1-2H3,(H,18,20)(H,22,26)/t11-,12-/m0/s1. The second-order valence-corrected chi connectivity index (χ2v) is 6.06. The lowest BCUT2D eigenvalue weighted by molar-refractivity contribution is -0.216. The number of aromatic hydroxyl groups is 1. The maximum absolute atomic E-state index is 12.0. The monoisotopic (exact) mass is 384 g/mol. The van der Waals surface area contributed by atoms with Gasteiger partial charge in [-0.1, -0.05) is 6.07 Å². The van der Waals surface area contributed by atoms with Gasteiger partial charge in [0.05, 0.1) is 6.04 Å². The van der Waals surface area contributed by atoms with Gasteiger partial charge in [0.2, 0.25) is 11.7 Å². The Morgan fingerprint density at radius 1 is 1.27 bits per heavy atom. The molecule has 0 aliphatic carbocycles. The Morgan fingerprint density at radius 2 is 1.92 bits per heavy atom. The summed E-state index contributed by atoms with van der Waals surface area (Å²) in [6.45, 7) is 2.52. The van der Waals surface area contributed by atoms with Crippen LogP contribution < -0.4 is 15.9 Å². The molecule has 1 aromatic rings. The Balaban J connectivity index is 2.80. The van der Waals surface area contributed by atoms with Crippen molar-refractivity contribution in [3.05, 3.63) is 23.8 Å². The molecule has 4 N–H and O–H groups in total. The third-order valence-corrected chi connectivity index (χ3v) is 3.44. The molecule has 1 rings (SSSR count). The highest BCUT2D eigenvalue weighted by Crippen LogP contribution is 2.27. The van der Waals surface area contributed by atoms with Crippen molar-refractivity contribution in [3.8, 4) is 11.5 Å². The van der Waals surface area contributed by atoms with Crippen molar-refractivity contribution in [2.75, 3.05) is 0 Å². The van der Waals surface area contributed by atoms with Crippen molar-refractivity contribution in [1.82, 2.24) is 5.32 Å². The predicted molar refractivity (Wildman–Crippen MR) is 93.4 cm³/mol. The summed E-state index contributed by atoms with van der Waals surface area (Å²) in [4.78, 5) is 54.7. The molecular weight excluding hydrogens is 364 g/mol. The number of Topliss-reactive ketones (excluding diaryl/α,β-unsaturated/α-hetero) is 1. The first kappa shape index (κ1) is 21.5. The van der Waals surface area contributed by atoms with Crippen molar-refractivity contribution in [1.29, 1.82) is 0 Å². The molecule has 0 fully saturated rings. The maximum atomic E-state index is 12.0. The van der Waals surface area contributed by atoms with Crippen LogP contribution in [0.15, 0.2) is 18.2 Å². The van der Waals surface area contributed by atoms with Crippen LogP contribution >= 0.6 is 12.6 Å². The van der Waals surface area contributed by atoms with Crippen LogP contribution in [0.1, 0.15) is 25.8 Å². The van der Waals surface area contributed by atoms with Crippen molar-refractivity contribution >= 4 is 35.4 Å². The van der Waals surface area contributed by atoms with Gasteiger partial charge in [0, 0.05) is 13.3 Å². The van der Waals surface area contributed by atoms with E-state index >= 15 is 0 Å². The minimum atomic E-state index is -1.28. The number of nitrogens with two attached hydrogens (primary N) is 1. The summed E-state index contributed by atoms with van der Waals surface area (Å²) in [6, 6.07) is 2.16. The number of amides is 1. The summed E-state index contributed by atoms with van der Waals surface area (Å²) in [5, 5.41) is 11.4. The van der Waals surface area contributed by atoms with Crippen LogP contribution in [0.5, 0.6) is 11.5 Å². The van der Waals surface area contributed by atoms with Gasteiger partial charge in [0.25, 0.3) is 0 Å². The number of hydrogen-bond acceptors (Lipinski definition) is 8. The molecule has 1 aromatic carbocycles. The van der Waals surface area contributed by atoms with Gasteiger partial charge in [-0.3, -0.25) is 19.3 Å². The van der Waals surface area contributed by atoms with Gasteiger partial charge in [0.1, 0.15) is 11.8 Å². The number of ketones is 1. The fourth-order valence-electron chi connectivity index (χ4n) is 1.91. The van der Waals surface area contributed by atoms with Gasteiger partial charge in [-0.15, -0.1) is 12.6 Å². The summed E-state index contributed by atoms with van der Waals surface area (Å²) in [6.07, 6.45) is -0.201. The maximum Gasteiger partial charge on any atom is 0.377 e. The van der Waals surface area contributed by atoms with E-state index in [0.29, 0.717) is 5.56 Å². The van der Waals surface area contributed by atoms with Gasteiger partial charge in [-0.25, -0.2) is 9.68 Å². The van der Waals surface area contributed by atoms with Crippen molar-refractivity contribution < 1.29 is 34.1 Å². The molecule has 0 bridgehead atoms. The quantitative estimate of drug-likeness (QED) is 0.265. The molecule has 0 aliphatic heterocycles. The molecule has 0 radical (unpaired) electrons. The molecule has 0 aromatic heterocycles. The van der Waals surface area contributed by atoms with Crippen LogP contribution in [0.2, 0.25) is 0 Å². The topological polar surface area (TPSA) is 145 Å². The Bertz CT molecular complexity index is 692. The van der Waals surface area contributed by atoms with Crippen LogP contribution in [0.3, 0.4) is 0 Å². The molecule has 26 heavy (non-hydrogen) atoms. The van der Waals surface area contributed by atoms with Gasteiger partial charge in [0.15, 0.2) is 10.9 Å². The van der Waals surface area contributed by atoms with Gasteiger partial charge in [-0.05, 0) is 31.0 Å². The van der Waals surface area contributed by atoms with E-state index in [9.17, 15) is 24.3 Å². The number of rotatable bonds is 9. The highest BCUT2D eigenvalue weighted by molar-refractivity contribution is 7.96. The molecule has 1 amide bonds. The predicted octanol–water partition coefficient (Wildman–Crippen LogP) is 0.0392. The van der Waals surface area contributed by atoms with E-state index in [2.05, 4.69) is 22.8 Å². The zero-order chi connectivity index (χ0) is 19.9. The average Bonchev–Trinajstić information content (AvgIpc) is 2.53. The fraction of sp³-hybridized carbons (Fsp3) is 0.375. The lowest BCUT2D eigenvalue weighted by atomic mass is 10.0. The van der Waals surface area contributed by atoms with E-state index in [1.165, 1.54) is 25.1 Å². The molecule has 0 unspecified atom stereocenters. The first-order chi connectivity index (χ1) is 12.1. The lowest BCUT2D eigenvalue weighted by Crippen LogP contribution is -2.42.